The van der Waals surface area contributed by atoms with Crippen LogP contribution in [-0.2, 0) is 0 Å². The van der Waals surface area contributed by atoms with Gasteiger partial charge in [-0.1, -0.05) is 0 Å². The summed E-state index contributed by atoms with van der Waals surface area (Å²) >= 11 is 2.05. The van der Waals surface area contributed by atoms with Crippen LogP contribution in [0.2, 0.25) is 0 Å². The van der Waals surface area contributed by atoms with Crippen molar-refractivity contribution in [3.63, 3.8) is 0 Å². The molecule has 2 aliphatic rings. The Labute approximate surface area is 84.5 Å². The Morgan fingerprint density at radius 1 is 1.15 bits per heavy atom. The molecule has 0 aromatic carbocycles. The zero-order chi connectivity index (χ0) is 9.10. The van der Waals surface area contributed by atoms with Crippen molar-refractivity contribution in [1.82, 2.24) is 5.32 Å². The Balaban J connectivity index is 1.88. The average molecular weight is 201 g/mol. The predicted molar refractivity (Wildman–Crippen MR) is 57.1 cm³/mol. The molecule has 0 bridgehead atoms. The second-order valence-corrected chi connectivity index (χ2v) is 5.36. The molecule has 0 aromatic heterocycles. The summed E-state index contributed by atoms with van der Waals surface area (Å²) in [5, 5.41) is 13.3. The van der Waals surface area contributed by atoms with Crippen molar-refractivity contribution in [3.05, 3.63) is 0 Å². The Bertz CT molecular complexity index is 159. The lowest BCUT2D eigenvalue weighted by Gasteiger charge is -2.37. The van der Waals surface area contributed by atoms with Crippen molar-refractivity contribution in [2.24, 2.45) is 5.92 Å². The third kappa shape index (κ3) is 2.39. The highest BCUT2D eigenvalue weighted by atomic mass is 32.2. The van der Waals surface area contributed by atoms with Crippen LogP contribution in [0.4, 0.5) is 0 Å². The molecule has 2 N–H and O–H groups in total. The molecule has 2 saturated heterocycles. The van der Waals surface area contributed by atoms with Gasteiger partial charge in [0.1, 0.15) is 0 Å². The van der Waals surface area contributed by atoms with Gasteiger partial charge in [0.05, 0.1) is 6.10 Å². The van der Waals surface area contributed by atoms with E-state index in [1.165, 1.54) is 24.3 Å². The van der Waals surface area contributed by atoms with Crippen LogP contribution in [-0.4, -0.2) is 35.3 Å². The lowest BCUT2D eigenvalue weighted by molar-refractivity contribution is 0.0654. The van der Waals surface area contributed by atoms with Crippen LogP contribution in [0.15, 0.2) is 0 Å². The van der Waals surface area contributed by atoms with Crippen LogP contribution >= 0.6 is 11.8 Å². The second kappa shape index (κ2) is 4.67. The van der Waals surface area contributed by atoms with Crippen LogP contribution in [0.5, 0.6) is 0 Å². The number of rotatable bonds is 1. The first-order valence-electron chi connectivity index (χ1n) is 5.37. The molecule has 2 fully saturated rings. The SMILES string of the molecule is OC1CCCNC1C1CCSCC1. The number of thioether (sulfide) groups is 1. The van der Waals surface area contributed by atoms with Crippen molar-refractivity contribution < 1.29 is 5.11 Å². The summed E-state index contributed by atoms with van der Waals surface area (Å²) in [5.41, 5.74) is 0. The van der Waals surface area contributed by atoms with Gasteiger partial charge in [0.15, 0.2) is 0 Å². The lowest BCUT2D eigenvalue weighted by Crippen LogP contribution is -2.50. The fourth-order valence-electron chi connectivity index (χ4n) is 2.45. The minimum absolute atomic E-state index is 0.0816. The van der Waals surface area contributed by atoms with Crippen molar-refractivity contribution in [3.8, 4) is 0 Å². The molecule has 2 unspecified atom stereocenters. The van der Waals surface area contributed by atoms with E-state index in [2.05, 4.69) is 17.1 Å². The maximum absolute atomic E-state index is 9.85. The molecule has 0 aromatic rings. The molecule has 0 amide bonds. The van der Waals surface area contributed by atoms with Gasteiger partial charge in [0, 0.05) is 6.04 Å². The molecule has 0 saturated carbocycles. The Kier molecular flexibility index (Phi) is 3.52. The number of piperidine rings is 1. The molecule has 2 aliphatic heterocycles. The van der Waals surface area contributed by atoms with Gasteiger partial charge in [-0.15, -0.1) is 0 Å². The Hall–Kier alpha value is 0.270. The monoisotopic (exact) mass is 201 g/mol. The normalized spacial score (nSPS) is 37.6. The van der Waals surface area contributed by atoms with E-state index in [1.54, 1.807) is 0 Å². The van der Waals surface area contributed by atoms with E-state index in [-0.39, 0.29) is 6.10 Å². The maximum Gasteiger partial charge on any atom is 0.0696 e. The first-order valence-corrected chi connectivity index (χ1v) is 6.52. The second-order valence-electron chi connectivity index (χ2n) is 4.14. The summed E-state index contributed by atoms with van der Waals surface area (Å²) in [6, 6.07) is 0.398. The highest BCUT2D eigenvalue weighted by molar-refractivity contribution is 7.99. The van der Waals surface area contributed by atoms with Crippen LogP contribution in [0.3, 0.4) is 0 Å². The number of aliphatic hydroxyl groups excluding tert-OH is 1. The van der Waals surface area contributed by atoms with Gasteiger partial charge in [0.2, 0.25) is 0 Å². The fraction of sp³-hybridized carbons (Fsp3) is 1.00. The lowest BCUT2D eigenvalue weighted by atomic mass is 9.86. The van der Waals surface area contributed by atoms with E-state index < -0.39 is 0 Å². The quantitative estimate of drug-likeness (QED) is 0.669. The van der Waals surface area contributed by atoms with Gasteiger partial charge in [-0.3, -0.25) is 0 Å². The zero-order valence-electron chi connectivity index (χ0n) is 8.04. The Morgan fingerprint density at radius 2 is 1.92 bits per heavy atom. The van der Waals surface area contributed by atoms with Gasteiger partial charge >= 0.3 is 0 Å². The van der Waals surface area contributed by atoms with Gasteiger partial charge < -0.3 is 10.4 Å². The summed E-state index contributed by atoms with van der Waals surface area (Å²) in [6.07, 6.45) is 4.64. The van der Waals surface area contributed by atoms with Gasteiger partial charge in [-0.25, -0.2) is 0 Å². The van der Waals surface area contributed by atoms with Crippen LogP contribution in [0.25, 0.3) is 0 Å². The summed E-state index contributed by atoms with van der Waals surface area (Å²) < 4.78 is 0. The molecule has 2 nitrogen and oxygen atoms in total. The molecule has 13 heavy (non-hydrogen) atoms. The van der Waals surface area contributed by atoms with E-state index in [0.29, 0.717) is 6.04 Å². The van der Waals surface area contributed by atoms with Crippen LogP contribution < -0.4 is 5.32 Å². The van der Waals surface area contributed by atoms with Crippen molar-refractivity contribution in [2.45, 2.75) is 37.8 Å². The predicted octanol–water partition coefficient (Wildman–Crippen LogP) is 1.24. The summed E-state index contributed by atoms with van der Waals surface area (Å²) in [7, 11) is 0. The maximum atomic E-state index is 9.85. The molecule has 0 aliphatic carbocycles. The van der Waals surface area contributed by atoms with E-state index >= 15 is 0 Å². The highest BCUT2D eigenvalue weighted by Gasteiger charge is 2.30. The topological polar surface area (TPSA) is 32.3 Å². The first kappa shape index (κ1) is 9.81. The molecule has 2 rings (SSSR count). The zero-order valence-corrected chi connectivity index (χ0v) is 8.85. The Morgan fingerprint density at radius 3 is 2.62 bits per heavy atom. The molecular weight excluding hydrogens is 182 g/mol. The smallest absolute Gasteiger partial charge is 0.0696 e. The molecule has 76 valence electrons. The first-order chi connectivity index (χ1) is 6.38. The van der Waals surface area contributed by atoms with E-state index in [0.717, 1.165) is 25.3 Å². The summed E-state index contributed by atoms with van der Waals surface area (Å²) in [6.45, 7) is 1.10. The third-order valence-electron chi connectivity index (χ3n) is 3.25. The molecule has 0 radical (unpaired) electrons. The minimum atomic E-state index is -0.0816. The molecule has 0 spiro atoms. The van der Waals surface area contributed by atoms with Gasteiger partial charge in [0.25, 0.3) is 0 Å². The van der Waals surface area contributed by atoms with Gasteiger partial charge in [-0.2, -0.15) is 11.8 Å². The van der Waals surface area contributed by atoms with Crippen molar-refractivity contribution in [1.29, 1.82) is 0 Å². The van der Waals surface area contributed by atoms with Crippen LogP contribution in [0, 0.1) is 5.92 Å². The largest absolute Gasteiger partial charge is 0.391 e. The number of hydrogen-bond donors (Lipinski definition) is 2. The van der Waals surface area contributed by atoms with E-state index in [9.17, 15) is 5.11 Å². The number of hydrogen-bond acceptors (Lipinski definition) is 3. The fourth-order valence-corrected chi connectivity index (χ4v) is 3.59. The third-order valence-corrected chi connectivity index (χ3v) is 4.29. The van der Waals surface area contributed by atoms with Crippen molar-refractivity contribution >= 4 is 11.8 Å². The van der Waals surface area contributed by atoms with Gasteiger partial charge in [-0.05, 0) is 49.7 Å². The highest BCUT2D eigenvalue weighted by Crippen LogP contribution is 2.28. The number of aliphatic hydroxyl groups is 1. The summed E-state index contributed by atoms with van der Waals surface area (Å²) in [4.78, 5) is 0. The van der Waals surface area contributed by atoms with Crippen LogP contribution in [0.1, 0.15) is 25.7 Å². The number of nitrogens with one attached hydrogen (secondary N) is 1. The van der Waals surface area contributed by atoms with E-state index in [1.807, 2.05) is 0 Å². The molecule has 3 heteroatoms. The molecule has 2 heterocycles. The molecular formula is C10H19NOS. The summed E-state index contributed by atoms with van der Waals surface area (Å²) in [5.74, 6) is 3.31. The van der Waals surface area contributed by atoms with Crippen molar-refractivity contribution in [2.75, 3.05) is 18.1 Å². The standard InChI is InChI=1S/C10H19NOS/c12-9-2-1-5-11-10(9)8-3-6-13-7-4-8/h8-12H,1-7H2. The minimum Gasteiger partial charge on any atom is -0.391 e. The molecule has 2 atom stereocenters. The average Bonchev–Trinajstić information content (AvgIpc) is 2.20. The van der Waals surface area contributed by atoms with E-state index in [4.69, 9.17) is 0 Å².